The zero-order valence-electron chi connectivity index (χ0n) is 10.3. The van der Waals surface area contributed by atoms with Crippen LogP contribution in [0.3, 0.4) is 0 Å². The Morgan fingerprint density at radius 1 is 1.29 bits per heavy atom. The average molecular weight is 256 g/mol. The number of nitrogens with zero attached hydrogens (tertiary/aromatic N) is 1. The molecule has 0 heterocycles. The van der Waals surface area contributed by atoms with Gasteiger partial charge in [-0.2, -0.15) is 0 Å². The van der Waals surface area contributed by atoms with Crippen LogP contribution in [0.15, 0.2) is 24.3 Å². The number of aryl methyl sites for hydroxylation is 1. The van der Waals surface area contributed by atoms with Crippen LogP contribution in [-0.4, -0.2) is 43.5 Å². The van der Waals surface area contributed by atoms with Gasteiger partial charge in [0.1, 0.15) is 0 Å². The Morgan fingerprint density at radius 2 is 1.94 bits per heavy atom. The first-order valence-corrected chi connectivity index (χ1v) is 6.13. The highest BCUT2D eigenvalue weighted by molar-refractivity contribution is 6.18. The highest BCUT2D eigenvalue weighted by Gasteiger charge is 2.14. The minimum absolute atomic E-state index is 0.00250. The monoisotopic (exact) mass is 255 g/mol. The molecule has 94 valence electrons. The van der Waals surface area contributed by atoms with Crippen LogP contribution in [0.25, 0.3) is 0 Å². The zero-order valence-corrected chi connectivity index (χ0v) is 11.0. The van der Waals surface area contributed by atoms with Gasteiger partial charge < -0.3 is 9.64 Å². The molecular formula is C13H18ClNO2. The van der Waals surface area contributed by atoms with Crippen molar-refractivity contribution in [2.75, 3.05) is 32.7 Å². The van der Waals surface area contributed by atoms with Crippen molar-refractivity contribution in [2.45, 2.75) is 6.92 Å². The number of carbonyl (C=O) groups is 1. The lowest BCUT2D eigenvalue weighted by atomic mass is 10.1. The number of carbonyl (C=O) groups excluding carboxylic acids is 1. The maximum absolute atomic E-state index is 12.2. The van der Waals surface area contributed by atoms with Crippen LogP contribution in [0.4, 0.5) is 0 Å². The van der Waals surface area contributed by atoms with Gasteiger partial charge in [0.25, 0.3) is 5.91 Å². The Kier molecular flexibility index (Phi) is 6.01. The summed E-state index contributed by atoms with van der Waals surface area (Å²) in [6, 6.07) is 7.54. The topological polar surface area (TPSA) is 29.5 Å². The van der Waals surface area contributed by atoms with E-state index in [1.807, 2.05) is 31.2 Å². The van der Waals surface area contributed by atoms with Crippen LogP contribution >= 0.6 is 11.6 Å². The lowest BCUT2D eigenvalue weighted by Crippen LogP contribution is -2.35. The first-order valence-electron chi connectivity index (χ1n) is 5.60. The first-order chi connectivity index (χ1) is 8.19. The molecule has 0 aliphatic rings. The van der Waals surface area contributed by atoms with Crippen LogP contribution in [0.5, 0.6) is 0 Å². The molecule has 0 saturated carbocycles. The molecule has 0 radical (unpaired) electrons. The number of halogens is 1. The number of alkyl halides is 1. The SMILES string of the molecule is COCCN(CCCl)C(=O)c1ccc(C)cc1. The van der Waals surface area contributed by atoms with Gasteiger partial charge in [0.15, 0.2) is 0 Å². The fourth-order valence-electron chi connectivity index (χ4n) is 1.50. The molecule has 1 aromatic rings. The smallest absolute Gasteiger partial charge is 0.253 e. The van der Waals surface area contributed by atoms with E-state index in [-0.39, 0.29) is 5.91 Å². The normalized spacial score (nSPS) is 10.3. The molecule has 0 saturated heterocycles. The lowest BCUT2D eigenvalue weighted by Gasteiger charge is -2.21. The third kappa shape index (κ3) is 4.36. The van der Waals surface area contributed by atoms with Crippen molar-refractivity contribution >= 4 is 17.5 Å². The van der Waals surface area contributed by atoms with E-state index in [9.17, 15) is 4.79 Å². The second kappa shape index (κ2) is 7.30. The molecule has 0 aromatic heterocycles. The van der Waals surface area contributed by atoms with E-state index in [1.165, 1.54) is 0 Å². The summed E-state index contributed by atoms with van der Waals surface area (Å²) in [5.41, 5.74) is 1.83. The van der Waals surface area contributed by atoms with E-state index < -0.39 is 0 Å². The molecule has 17 heavy (non-hydrogen) atoms. The summed E-state index contributed by atoms with van der Waals surface area (Å²) in [5, 5.41) is 0. The van der Waals surface area contributed by atoms with Crippen LogP contribution in [0.2, 0.25) is 0 Å². The highest BCUT2D eigenvalue weighted by atomic mass is 35.5. The minimum atomic E-state index is 0.00250. The van der Waals surface area contributed by atoms with Gasteiger partial charge in [0.2, 0.25) is 0 Å². The van der Waals surface area contributed by atoms with Gasteiger partial charge in [-0.25, -0.2) is 0 Å². The number of rotatable bonds is 6. The van der Waals surface area contributed by atoms with Crippen molar-refractivity contribution in [3.05, 3.63) is 35.4 Å². The Labute approximate surface area is 107 Å². The second-order valence-corrected chi connectivity index (χ2v) is 4.22. The Bertz CT molecular complexity index is 351. The summed E-state index contributed by atoms with van der Waals surface area (Å²) < 4.78 is 4.99. The number of ether oxygens (including phenoxy) is 1. The number of hydrogen-bond donors (Lipinski definition) is 0. The molecule has 0 N–H and O–H groups in total. The molecule has 0 aliphatic heterocycles. The Balaban J connectivity index is 2.72. The van der Waals surface area contributed by atoms with E-state index in [0.29, 0.717) is 31.1 Å². The molecule has 0 unspecified atom stereocenters. The fraction of sp³-hybridized carbons (Fsp3) is 0.462. The van der Waals surface area contributed by atoms with E-state index in [4.69, 9.17) is 16.3 Å². The fourth-order valence-corrected chi connectivity index (χ4v) is 1.70. The van der Waals surface area contributed by atoms with Gasteiger partial charge in [-0.05, 0) is 19.1 Å². The third-order valence-corrected chi connectivity index (χ3v) is 2.67. The molecule has 0 aliphatic carbocycles. The van der Waals surface area contributed by atoms with E-state index in [0.717, 1.165) is 5.56 Å². The van der Waals surface area contributed by atoms with Crippen LogP contribution in [-0.2, 0) is 4.74 Å². The van der Waals surface area contributed by atoms with Crippen LogP contribution in [0, 0.1) is 6.92 Å². The molecule has 0 spiro atoms. The van der Waals surface area contributed by atoms with E-state index >= 15 is 0 Å². The molecule has 4 heteroatoms. The summed E-state index contributed by atoms with van der Waals surface area (Å²) in [7, 11) is 1.62. The standard InChI is InChI=1S/C13H18ClNO2/c1-11-3-5-12(6-4-11)13(16)15(8-7-14)9-10-17-2/h3-6H,7-10H2,1-2H3. The molecular weight excluding hydrogens is 238 g/mol. The third-order valence-electron chi connectivity index (χ3n) is 2.51. The van der Waals surface area contributed by atoms with Crippen molar-refractivity contribution < 1.29 is 9.53 Å². The van der Waals surface area contributed by atoms with E-state index in [1.54, 1.807) is 12.0 Å². The predicted molar refractivity (Wildman–Crippen MR) is 69.7 cm³/mol. The summed E-state index contributed by atoms with van der Waals surface area (Å²) in [6.07, 6.45) is 0. The zero-order chi connectivity index (χ0) is 12.7. The number of methoxy groups -OCH3 is 1. The lowest BCUT2D eigenvalue weighted by molar-refractivity contribution is 0.0708. The quantitative estimate of drug-likeness (QED) is 0.730. The summed E-state index contributed by atoms with van der Waals surface area (Å²) in [4.78, 5) is 13.9. The summed E-state index contributed by atoms with van der Waals surface area (Å²) in [6.45, 7) is 3.62. The molecule has 3 nitrogen and oxygen atoms in total. The van der Waals surface area contributed by atoms with Gasteiger partial charge in [0.05, 0.1) is 6.61 Å². The van der Waals surface area contributed by atoms with Gasteiger partial charge >= 0.3 is 0 Å². The first kappa shape index (κ1) is 14.0. The summed E-state index contributed by atoms with van der Waals surface area (Å²) >= 11 is 5.70. The molecule has 1 aromatic carbocycles. The second-order valence-electron chi connectivity index (χ2n) is 3.84. The number of amides is 1. The van der Waals surface area contributed by atoms with E-state index in [2.05, 4.69) is 0 Å². The maximum atomic E-state index is 12.2. The van der Waals surface area contributed by atoms with Gasteiger partial charge in [-0.1, -0.05) is 17.7 Å². The predicted octanol–water partition coefficient (Wildman–Crippen LogP) is 2.32. The van der Waals surface area contributed by atoms with Crippen LogP contribution in [0.1, 0.15) is 15.9 Å². The molecule has 1 amide bonds. The maximum Gasteiger partial charge on any atom is 0.253 e. The number of hydrogen-bond acceptors (Lipinski definition) is 2. The van der Waals surface area contributed by atoms with Crippen molar-refractivity contribution in [3.8, 4) is 0 Å². The van der Waals surface area contributed by atoms with Gasteiger partial charge in [-0.15, -0.1) is 11.6 Å². The van der Waals surface area contributed by atoms with Crippen LogP contribution < -0.4 is 0 Å². The molecule has 0 atom stereocenters. The highest BCUT2D eigenvalue weighted by Crippen LogP contribution is 2.07. The van der Waals surface area contributed by atoms with Crippen molar-refractivity contribution in [1.29, 1.82) is 0 Å². The van der Waals surface area contributed by atoms with Gasteiger partial charge in [-0.3, -0.25) is 4.79 Å². The van der Waals surface area contributed by atoms with Crippen molar-refractivity contribution in [2.24, 2.45) is 0 Å². The number of benzene rings is 1. The van der Waals surface area contributed by atoms with Crippen molar-refractivity contribution in [1.82, 2.24) is 4.90 Å². The average Bonchev–Trinajstić information content (AvgIpc) is 2.34. The molecule has 0 bridgehead atoms. The molecule has 1 rings (SSSR count). The van der Waals surface area contributed by atoms with Gasteiger partial charge in [0, 0.05) is 31.6 Å². The Morgan fingerprint density at radius 3 is 2.47 bits per heavy atom. The Hall–Kier alpha value is -1.06. The largest absolute Gasteiger partial charge is 0.383 e. The molecule has 0 fully saturated rings. The minimum Gasteiger partial charge on any atom is -0.383 e. The van der Waals surface area contributed by atoms with Crippen molar-refractivity contribution in [3.63, 3.8) is 0 Å². The summed E-state index contributed by atoms with van der Waals surface area (Å²) in [5.74, 6) is 0.434.